The van der Waals surface area contributed by atoms with Gasteiger partial charge in [-0.15, -0.1) is 0 Å². The average Bonchev–Trinajstić information content (AvgIpc) is 2.03. The maximum atomic E-state index is 10.2. The lowest BCUT2D eigenvalue weighted by Gasteiger charge is -2.31. The highest BCUT2D eigenvalue weighted by Crippen LogP contribution is 2.27. The molecule has 1 aliphatic carbocycles. The van der Waals surface area contributed by atoms with Crippen molar-refractivity contribution in [2.45, 2.75) is 37.7 Å². The van der Waals surface area contributed by atoms with Gasteiger partial charge in [-0.1, -0.05) is 19.3 Å². The first-order valence-corrected chi connectivity index (χ1v) is 4.32. The van der Waals surface area contributed by atoms with Crippen LogP contribution in [0.3, 0.4) is 0 Å². The van der Waals surface area contributed by atoms with Crippen molar-refractivity contribution in [1.82, 2.24) is 5.32 Å². The van der Waals surface area contributed by atoms with E-state index >= 15 is 0 Å². The summed E-state index contributed by atoms with van der Waals surface area (Å²) in [5.74, 6) is 0. The third-order valence-corrected chi connectivity index (χ3v) is 2.35. The van der Waals surface area contributed by atoms with E-state index in [1.165, 1.54) is 0 Å². The molecule has 1 rings (SSSR count). The summed E-state index contributed by atoms with van der Waals surface area (Å²) < 4.78 is 0. The van der Waals surface area contributed by atoms with E-state index in [4.69, 9.17) is 5.11 Å². The minimum absolute atomic E-state index is 0.169. The first-order chi connectivity index (χ1) is 5.62. The van der Waals surface area contributed by atoms with E-state index in [2.05, 4.69) is 5.32 Å². The maximum absolute atomic E-state index is 10.2. The van der Waals surface area contributed by atoms with Crippen LogP contribution in [0.5, 0.6) is 0 Å². The van der Waals surface area contributed by atoms with Crippen molar-refractivity contribution in [3.05, 3.63) is 0 Å². The molecule has 0 unspecified atom stereocenters. The topological polar surface area (TPSA) is 69.6 Å². The zero-order valence-electron chi connectivity index (χ0n) is 7.05. The smallest absolute Gasteiger partial charge is 0.404 e. The lowest BCUT2D eigenvalue weighted by molar-refractivity contribution is 0.00566. The molecule has 1 aliphatic rings. The third kappa shape index (κ3) is 2.70. The molecule has 0 atom stereocenters. The number of rotatable bonds is 2. The summed E-state index contributed by atoms with van der Waals surface area (Å²) in [6.45, 7) is 0.169. The van der Waals surface area contributed by atoms with Crippen LogP contribution in [-0.4, -0.2) is 28.5 Å². The molecule has 0 spiro atoms. The van der Waals surface area contributed by atoms with Crippen LogP contribution < -0.4 is 5.32 Å². The van der Waals surface area contributed by atoms with Gasteiger partial charge in [0.25, 0.3) is 0 Å². The molecule has 4 nitrogen and oxygen atoms in total. The Morgan fingerprint density at radius 2 is 1.92 bits per heavy atom. The zero-order chi connectivity index (χ0) is 9.03. The van der Waals surface area contributed by atoms with Gasteiger partial charge in [-0.2, -0.15) is 0 Å². The summed E-state index contributed by atoms with van der Waals surface area (Å²) in [6.07, 6.45) is 3.51. The van der Waals surface area contributed by atoms with Crippen molar-refractivity contribution >= 4 is 6.09 Å². The molecule has 0 aromatic carbocycles. The van der Waals surface area contributed by atoms with Crippen LogP contribution in [0.25, 0.3) is 0 Å². The molecule has 0 saturated heterocycles. The molecular weight excluding hydrogens is 158 g/mol. The van der Waals surface area contributed by atoms with Crippen molar-refractivity contribution < 1.29 is 15.0 Å². The molecule has 0 aromatic rings. The number of hydrogen-bond donors (Lipinski definition) is 3. The Hall–Kier alpha value is -0.770. The fraction of sp³-hybridized carbons (Fsp3) is 0.875. The van der Waals surface area contributed by atoms with Crippen LogP contribution in [0.1, 0.15) is 32.1 Å². The Kier molecular flexibility index (Phi) is 2.92. The fourth-order valence-corrected chi connectivity index (χ4v) is 1.63. The van der Waals surface area contributed by atoms with Crippen LogP contribution in [0.2, 0.25) is 0 Å². The van der Waals surface area contributed by atoms with E-state index in [1.54, 1.807) is 0 Å². The highest BCUT2D eigenvalue weighted by molar-refractivity contribution is 5.64. The highest BCUT2D eigenvalue weighted by atomic mass is 16.4. The lowest BCUT2D eigenvalue weighted by Crippen LogP contribution is -2.43. The minimum atomic E-state index is -1.06. The van der Waals surface area contributed by atoms with E-state index < -0.39 is 11.7 Å². The predicted octanol–water partition coefficient (Wildman–Crippen LogP) is 0.949. The van der Waals surface area contributed by atoms with E-state index in [1.807, 2.05) is 0 Å². The Morgan fingerprint density at radius 3 is 2.42 bits per heavy atom. The largest absolute Gasteiger partial charge is 0.465 e. The van der Waals surface area contributed by atoms with Gasteiger partial charge < -0.3 is 15.5 Å². The number of carbonyl (C=O) groups is 1. The first-order valence-electron chi connectivity index (χ1n) is 4.32. The summed E-state index contributed by atoms with van der Waals surface area (Å²) in [6, 6.07) is 0. The van der Waals surface area contributed by atoms with Crippen LogP contribution in [0.4, 0.5) is 4.79 Å². The minimum Gasteiger partial charge on any atom is -0.465 e. The van der Waals surface area contributed by atoms with Crippen LogP contribution >= 0.6 is 0 Å². The average molecular weight is 173 g/mol. The molecule has 1 fully saturated rings. The van der Waals surface area contributed by atoms with E-state index in [0.29, 0.717) is 12.8 Å². The molecule has 0 heterocycles. The van der Waals surface area contributed by atoms with Crippen molar-refractivity contribution in [3.63, 3.8) is 0 Å². The van der Waals surface area contributed by atoms with Gasteiger partial charge in [0.1, 0.15) is 0 Å². The Bertz CT molecular complexity index is 164. The predicted molar refractivity (Wildman–Crippen MR) is 44.1 cm³/mol. The van der Waals surface area contributed by atoms with Crippen LogP contribution in [0.15, 0.2) is 0 Å². The molecule has 0 radical (unpaired) electrons. The molecule has 3 N–H and O–H groups in total. The number of amides is 1. The summed E-state index contributed by atoms with van der Waals surface area (Å²) in [5, 5.41) is 20.4. The highest BCUT2D eigenvalue weighted by Gasteiger charge is 2.29. The molecule has 4 heteroatoms. The van der Waals surface area contributed by atoms with Gasteiger partial charge in [0.05, 0.1) is 5.60 Å². The Morgan fingerprint density at radius 1 is 1.33 bits per heavy atom. The second kappa shape index (κ2) is 3.76. The second-order valence-electron chi connectivity index (χ2n) is 3.44. The van der Waals surface area contributed by atoms with Gasteiger partial charge in [0.2, 0.25) is 0 Å². The Labute approximate surface area is 71.6 Å². The fourth-order valence-electron chi connectivity index (χ4n) is 1.63. The van der Waals surface area contributed by atoms with E-state index in [-0.39, 0.29) is 6.54 Å². The van der Waals surface area contributed by atoms with Crippen LogP contribution in [0, 0.1) is 0 Å². The van der Waals surface area contributed by atoms with Gasteiger partial charge in [-0.3, -0.25) is 0 Å². The summed E-state index contributed by atoms with van der Waals surface area (Å²) >= 11 is 0. The van der Waals surface area contributed by atoms with Crippen molar-refractivity contribution in [2.24, 2.45) is 0 Å². The molecule has 0 aliphatic heterocycles. The second-order valence-corrected chi connectivity index (χ2v) is 3.44. The number of carboxylic acid groups (broad SMARTS) is 1. The standard InChI is InChI=1S/C8H15NO3/c10-7(11)9-6-8(12)4-2-1-3-5-8/h9,12H,1-6H2,(H,10,11). The van der Waals surface area contributed by atoms with Crippen molar-refractivity contribution in [2.75, 3.05) is 6.54 Å². The SMILES string of the molecule is O=C(O)NCC1(O)CCCCC1. The van der Waals surface area contributed by atoms with Gasteiger partial charge in [0, 0.05) is 6.54 Å². The number of nitrogens with one attached hydrogen (secondary N) is 1. The normalized spacial score (nSPS) is 21.8. The maximum Gasteiger partial charge on any atom is 0.404 e. The Balaban J connectivity index is 2.31. The quantitative estimate of drug-likeness (QED) is 0.582. The molecule has 0 bridgehead atoms. The summed E-state index contributed by atoms with van der Waals surface area (Å²) in [5.41, 5.74) is -0.781. The number of aliphatic hydroxyl groups is 1. The lowest BCUT2D eigenvalue weighted by atomic mass is 9.85. The molecule has 70 valence electrons. The van der Waals surface area contributed by atoms with Gasteiger partial charge in [-0.05, 0) is 12.8 Å². The molecule has 0 aromatic heterocycles. The van der Waals surface area contributed by atoms with Gasteiger partial charge in [0.15, 0.2) is 0 Å². The van der Waals surface area contributed by atoms with Crippen molar-refractivity contribution in [3.8, 4) is 0 Å². The summed E-state index contributed by atoms with van der Waals surface area (Å²) in [7, 11) is 0. The molecule has 1 saturated carbocycles. The molecular formula is C8H15NO3. The molecule has 1 amide bonds. The zero-order valence-corrected chi connectivity index (χ0v) is 7.05. The van der Waals surface area contributed by atoms with E-state index in [0.717, 1.165) is 19.3 Å². The molecule has 12 heavy (non-hydrogen) atoms. The van der Waals surface area contributed by atoms with Crippen LogP contribution in [-0.2, 0) is 0 Å². The van der Waals surface area contributed by atoms with E-state index in [9.17, 15) is 9.90 Å². The van der Waals surface area contributed by atoms with Crippen molar-refractivity contribution in [1.29, 1.82) is 0 Å². The monoisotopic (exact) mass is 173 g/mol. The van der Waals surface area contributed by atoms with Gasteiger partial charge in [-0.25, -0.2) is 4.79 Å². The first kappa shape index (κ1) is 9.32. The third-order valence-electron chi connectivity index (χ3n) is 2.35. The van der Waals surface area contributed by atoms with Gasteiger partial charge >= 0.3 is 6.09 Å². The summed E-state index contributed by atoms with van der Waals surface area (Å²) in [4.78, 5) is 10.2. The number of hydrogen-bond acceptors (Lipinski definition) is 2.